The standard InChI is InChI=1S/C11H12ClNO2/c12-9-2-1-5-13-10(9)11(14)8-3-6-15-7-4-8/h1-2,5,8H,3-4,6-7H2. The second kappa shape index (κ2) is 4.73. The summed E-state index contributed by atoms with van der Waals surface area (Å²) in [5.74, 6) is 0.0649. The van der Waals surface area contributed by atoms with Gasteiger partial charge in [-0.15, -0.1) is 0 Å². The second-order valence-electron chi connectivity index (χ2n) is 3.58. The minimum atomic E-state index is 0.0196. The third kappa shape index (κ3) is 2.36. The van der Waals surface area contributed by atoms with E-state index in [4.69, 9.17) is 16.3 Å². The van der Waals surface area contributed by atoms with E-state index in [1.165, 1.54) is 0 Å². The number of pyridine rings is 1. The number of rotatable bonds is 2. The molecule has 0 unspecified atom stereocenters. The number of Topliss-reactive ketones (excluding diaryl/α,β-unsaturated/α-hetero) is 1. The number of ketones is 1. The first-order valence-corrected chi connectivity index (χ1v) is 5.39. The van der Waals surface area contributed by atoms with E-state index in [0.29, 0.717) is 23.9 Å². The van der Waals surface area contributed by atoms with Gasteiger partial charge in [-0.1, -0.05) is 11.6 Å². The molecule has 0 radical (unpaired) electrons. The van der Waals surface area contributed by atoms with Gasteiger partial charge in [0.15, 0.2) is 5.78 Å². The first-order chi connectivity index (χ1) is 7.29. The molecule has 1 aromatic rings. The van der Waals surface area contributed by atoms with Gasteiger partial charge >= 0.3 is 0 Å². The number of aromatic nitrogens is 1. The zero-order valence-electron chi connectivity index (χ0n) is 8.28. The summed E-state index contributed by atoms with van der Waals surface area (Å²) in [6, 6.07) is 3.42. The Hall–Kier alpha value is -0.930. The van der Waals surface area contributed by atoms with Crippen LogP contribution in [0.3, 0.4) is 0 Å². The molecule has 0 amide bonds. The topological polar surface area (TPSA) is 39.2 Å². The summed E-state index contributed by atoms with van der Waals surface area (Å²) >= 11 is 5.92. The van der Waals surface area contributed by atoms with Crippen molar-refractivity contribution in [2.24, 2.45) is 5.92 Å². The molecule has 0 aliphatic carbocycles. The molecule has 2 heterocycles. The van der Waals surface area contributed by atoms with Crippen molar-refractivity contribution in [3.05, 3.63) is 29.0 Å². The monoisotopic (exact) mass is 225 g/mol. The Bertz CT molecular complexity index is 361. The zero-order chi connectivity index (χ0) is 10.7. The fourth-order valence-electron chi connectivity index (χ4n) is 1.72. The number of carbonyl (C=O) groups excluding carboxylic acids is 1. The predicted molar refractivity (Wildman–Crippen MR) is 57.1 cm³/mol. The minimum Gasteiger partial charge on any atom is -0.381 e. The zero-order valence-corrected chi connectivity index (χ0v) is 9.04. The number of nitrogens with zero attached hydrogens (tertiary/aromatic N) is 1. The number of halogens is 1. The lowest BCUT2D eigenvalue weighted by molar-refractivity contribution is 0.0541. The van der Waals surface area contributed by atoms with Crippen LogP contribution in [-0.2, 0) is 4.74 Å². The minimum absolute atomic E-state index is 0.0196. The van der Waals surface area contributed by atoms with Crippen molar-refractivity contribution in [3.63, 3.8) is 0 Å². The molecule has 1 saturated heterocycles. The Morgan fingerprint density at radius 2 is 2.20 bits per heavy atom. The molecule has 4 heteroatoms. The van der Waals surface area contributed by atoms with Crippen LogP contribution in [0.4, 0.5) is 0 Å². The van der Waals surface area contributed by atoms with Crippen molar-refractivity contribution >= 4 is 17.4 Å². The molecule has 1 fully saturated rings. The molecular weight excluding hydrogens is 214 g/mol. The normalized spacial score (nSPS) is 17.7. The van der Waals surface area contributed by atoms with Crippen LogP contribution < -0.4 is 0 Å². The maximum atomic E-state index is 12.0. The van der Waals surface area contributed by atoms with Gasteiger partial charge in [-0.05, 0) is 25.0 Å². The Morgan fingerprint density at radius 1 is 1.47 bits per heavy atom. The van der Waals surface area contributed by atoms with Gasteiger partial charge in [-0.3, -0.25) is 9.78 Å². The van der Waals surface area contributed by atoms with E-state index in [-0.39, 0.29) is 11.7 Å². The third-order valence-corrected chi connectivity index (χ3v) is 2.89. The Balaban J connectivity index is 2.16. The van der Waals surface area contributed by atoms with Crippen molar-refractivity contribution in [1.29, 1.82) is 0 Å². The summed E-state index contributed by atoms with van der Waals surface area (Å²) in [5.41, 5.74) is 0.395. The Kier molecular flexibility index (Phi) is 3.34. The van der Waals surface area contributed by atoms with Crippen molar-refractivity contribution in [2.45, 2.75) is 12.8 Å². The van der Waals surface area contributed by atoms with Crippen LogP contribution in [0.2, 0.25) is 5.02 Å². The highest BCUT2D eigenvalue weighted by Crippen LogP contribution is 2.22. The summed E-state index contributed by atoms with van der Waals surface area (Å²) in [7, 11) is 0. The van der Waals surface area contributed by atoms with Gasteiger partial charge in [-0.2, -0.15) is 0 Å². The smallest absolute Gasteiger partial charge is 0.185 e. The molecule has 0 N–H and O–H groups in total. The highest BCUT2D eigenvalue weighted by Gasteiger charge is 2.25. The quantitative estimate of drug-likeness (QED) is 0.726. The molecule has 0 aromatic carbocycles. The molecule has 80 valence electrons. The Labute approximate surface area is 93.4 Å². The molecular formula is C11H12ClNO2. The lowest BCUT2D eigenvalue weighted by Crippen LogP contribution is -2.24. The lowest BCUT2D eigenvalue weighted by Gasteiger charge is -2.20. The van der Waals surface area contributed by atoms with E-state index >= 15 is 0 Å². The molecule has 0 saturated carbocycles. The van der Waals surface area contributed by atoms with E-state index in [0.717, 1.165) is 12.8 Å². The fourth-order valence-corrected chi connectivity index (χ4v) is 1.93. The maximum Gasteiger partial charge on any atom is 0.185 e. The molecule has 2 rings (SSSR count). The third-order valence-electron chi connectivity index (χ3n) is 2.58. The summed E-state index contributed by atoms with van der Waals surface area (Å²) in [6.45, 7) is 1.31. The summed E-state index contributed by atoms with van der Waals surface area (Å²) in [5, 5.41) is 0.439. The average molecular weight is 226 g/mol. The number of ether oxygens (including phenoxy) is 1. The van der Waals surface area contributed by atoms with Crippen LogP contribution in [0.15, 0.2) is 18.3 Å². The molecule has 1 aromatic heterocycles. The first kappa shape index (κ1) is 10.6. The molecule has 1 aliphatic rings. The second-order valence-corrected chi connectivity index (χ2v) is 3.99. The van der Waals surface area contributed by atoms with Crippen molar-refractivity contribution in [3.8, 4) is 0 Å². The molecule has 0 bridgehead atoms. The van der Waals surface area contributed by atoms with Gasteiger partial charge in [0.05, 0.1) is 5.02 Å². The van der Waals surface area contributed by atoms with E-state index in [1.54, 1.807) is 18.3 Å². The van der Waals surface area contributed by atoms with Crippen molar-refractivity contribution in [2.75, 3.05) is 13.2 Å². The van der Waals surface area contributed by atoms with Gasteiger partial charge in [0.1, 0.15) is 5.69 Å². The van der Waals surface area contributed by atoms with Gasteiger partial charge in [-0.25, -0.2) is 0 Å². The van der Waals surface area contributed by atoms with Crippen molar-refractivity contribution in [1.82, 2.24) is 4.98 Å². The number of carbonyl (C=O) groups is 1. The van der Waals surface area contributed by atoms with Crippen LogP contribution in [0.1, 0.15) is 23.3 Å². The van der Waals surface area contributed by atoms with Crippen LogP contribution in [0.25, 0.3) is 0 Å². The first-order valence-electron chi connectivity index (χ1n) is 5.01. The summed E-state index contributed by atoms with van der Waals surface area (Å²) in [6.07, 6.45) is 3.13. The van der Waals surface area contributed by atoms with E-state index in [1.807, 2.05) is 0 Å². The highest BCUT2D eigenvalue weighted by molar-refractivity contribution is 6.33. The van der Waals surface area contributed by atoms with Gasteiger partial charge in [0.25, 0.3) is 0 Å². The van der Waals surface area contributed by atoms with E-state index in [2.05, 4.69) is 4.98 Å². The van der Waals surface area contributed by atoms with Crippen molar-refractivity contribution < 1.29 is 9.53 Å². The number of hydrogen-bond acceptors (Lipinski definition) is 3. The molecule has 15 heavy (non-hydrogen) atoms. The fraction of sp³-hybridized carbons (Fsp3) is 0.455. The maximum absolute atomic E-state index is 12.0. The largest absolute Gasteiger partial charge is 0.381 e. The van der Waals surface area contributed by atoms with E-state index < -0.39 is 0 Å². The van der Waals surface area contributed by atoms with Crippen LogP contribution in [-0.4, -0.2) is 24.0 Å². The summed E-state index contributed by atoms with van der Waals surface area (Å²) < 4.78 is 5.21. The summed E-state index contributed by atoms with van der Waals surface area (Å²) in [4.78, 5) is 16.0. The molecule has 3 nitrogen and oxygen atoms in total. The average Bonchev–Trinajstić information content (AvgIpc) is 2.30. The van der Waals surface area contributed by atoms with Crippen LogP contribution in [0, 0.1) is 5.92 Å². The predicted octanol–water partition coefficient (Wildman–Crippen LogP) is 2.34. The van der Waals surface area contributed by atoms with Gasteiger partial charge in [0.2, 0.25) is 0 Å². The molecule has 0 spiro atoms. The molecule has 1 aliphatic heterocycles. The lowest BCUT2D eigenvalue weighted by atomic mass is 9.93. The highest BCUT2D eigenvalue weighted by atomic mass is 35.5. The van der Waals surface area contributed by atoms with Gasteiger partial charge < -0.3 is 4.74 Å². The Morgan fingerprint density at radius 3 is 2.87 bits per heavy atom. The van der Waals surface area contributed by atoms with Crippen LogP contribution >= 0.6 is 11.6 Å². The van der Waals surface area contributed by atoms with Crippen LogP contribution in [0.5, 0.6) is 0 Å². The number of hydrogen-bond donors (Lipinski definition) is 0. The van der Waals surface area contributed by atoms with E-state index in [9.17, 15) is 4.79 Å². The SMILES string of the molecule is O=C(c1ncccc1Cl)C1CCOCC1. The van der Waals surface area contributed by atoms with Gasteiger partial charge in [0, 0.05) is 25.3 Å². The molecule has 0 atom stereocenters.